The fourth-order valence-electron chi connectivity index (χ4n) is 18.2. The highest BCUT2D eigenvalue weighted by Gasteiger charge is 2.72. The van der Waals surface area contributed by atoms with Crippen LogP contribution in [-0.2, 0) is 56.8 Å². The van der Waals surface area contributed by atoms with Crippen molar-refractivity contribution in [1.82, 2.24) is 0 Å². The van der Waals surface area contributed by atoms with Crippen molar-refractivity contribution in [2.75, 3.05) is 13.7 Å². The minimum atomic E-state index is -2.11. The lowest BCUT2D eigenvalue weighted by Crippen LogP contribution is -2.68. The van der Waals surface area contributed by atoms with E-state index >= 15 is 0 Å². The third-order valence-electron chi connectivity index (χ3n) is 24.5. The highest BCUT2D eigenvalue weighted by atomic mass is 28.4. The number of hydrogen-bond donors (Lipinski definition) is 0. The van der Waals surface area contributed by atoms with E-state index in [0.717, 1.165) is 82.3 Å². The Kier molecular flexibility index (Phi) is 19.0. The minimum Gasteiger partial charge on any atom is -0.408 e. The molecular formula is C63H106O12Si. The summed E-state index contributed by atoms with van der Waals surface area (Å²) < 4.78 is 57.1. The average Bonchev–Trinajstić information content (AvgIpc) is 3.38. The van der Waals surface area contributed by atoms with Crippen LogP contribution in [0.4, 0.5) is 0 Å². The summed E-state index contributed by atoms with van der Waals surface area (Å²) in [5, 5.41) is 0. The maximum absolute atomic E-state index is 14.3. The lowest BCUT2D eigenvalue weighted by Gasteiger charge is -2.72. The molecule has 3 saturated heterocycles. The van der Waals surface area contributed by atoms with Gasteiger partial charge in [0, 0.05) is 18.9 Å². The number of ketones is 1. The third-order valence-corrected chi connectivity index (χ3v) is 29.1. The second-order valence-corrected chi connectivity index (χ2v) is 32.9. The van der Waals surface area contributed by atoms with E-state index in [4.69, 9.17) is 47.2 Å². The van der Waals surface area contributed by atoms with Gasteiger partial charge in [0.05, 0.1) is 54.1 Å². The number of Topliss-reactive ketones (excluding diaryl/α,β-unsaturated/α-hetero) is 1. The predicted octanol–water partition coefficient (Wildman–Crippen LogP) is 13.2. The fourth-order valence-corrected chi connectivity index (χ4v) is 21.1. The Morgan fingerprint density at radius 3 is 1.96 bits per heavy atom. The number of hydrogen-bond acceptors (Lipinski definition) is 12. The van der Waals surface area contributed by atoms with Gasteiger partial charge >= 0.3 is 6.15 Å². The largest absolute Gasteiger partial charge is 0.408 e. The van der Waals surface area contributed by atoms with Crippen molar-refractivity contribution < 1.29 is 56.8 Å². The topological polar surface area (TPSA) is 142 Å². The highest BCUT2D eigenvalue weighted by molar-refractivity contribution is 6.73. The van der Waals surface area contributed by atoms with E-state index in [2.05, 4.69) is 124 Å². The quantitative estimate of drug-likeness (QED) is 0.0667. The molecule has 0 N–H and O–H groups in total. The van der Waals surface area contributed by atoms with Crippen LogP contribution in [0.1, 0.15) is 189 Å². The smallest absolute Gasteiger partial charge is 0.373 e. The number of ether oxygens (including phenoxy) is 7. The van der Waals surface area contributed by atoms with Gasteiger partial charge in [-0.1, -0.05) is 122 Å². The van der Waals surface area contributed by atoms with Gasteiger partial charge in [0.15, 0.2) is 27.2 Å². The number of methoxy groups -OCH3 is 1. The van der Waals surface area contributed by atoms with Crippen LogP contribution in [0, 0.1) is 85.8 Å². The molecule has 12 nitrogen and oxygen atoms in total. The molecule has 24 atom stereocenters. The molecule has 0 radical (unpaired) electrons. The molecule has 3 heterocycles. The Balaban J connectivity index is 0.00000274. The molecule has 8 aliphatic rings. The third kappa shape index (κ3) is 10.3. The molecule has 3 aliphatic heterocycles. The molecule has 4 saturated carbocycles. The number of fused-ring (bicyclic) bond motifs is 7. The normalized spacial score (nSPS) is 49.0. The zero-order valence-corrected chi connectivity index (χ0v) is 51.9. The molecule has 76 heavy (non-hydrogen) atoms. The first-order valence-electron chi connectivity index (χ1n) is 30.4. The second-order valence-electron chi connectivity index (χ2n) is 28.1. The molecule has 0 aromatic heterocycles. The summed E-state index contributed by atoms with van der Waals surface area (Å²) in [5.41, 5.74) is 0.0902. The molecule has 0 spiro atoms. The summed E-state index contributed by atoms with van der Waals surface area (Å²) in [6.07, 6.45) is 9.60. The standard InChI is InChI=1S/C62H106O10Si.CO2/c1-20-46-39(8)40(9)52(72-73(21-2,22-3)23-4)56(68-46)71-53-51(70-54-41(10)37(6)38(7)42(11)67-54)36(5)34-66-55(53)69-49-27-28-58(15)47(59(49,16)35-63)26-29-60(17)48(58)25-24-44-45-32-57(13,14)30-31-62(45,43(12)64)50(65-19)33-61(44,60)18;2-1-3/h24,35-42,45-56H,20-23,25-34H2,1-19H3;/t36-,37?,38-,39-,40+,41?,42+,45?,46?,47-,48?,49+,50?,51+,52?,53?,54+,55+,56+,58?,59-,60+,61-,62-;/m1./s1. The highest BCUT2D eigenvalue weighted by Crippen LogP contribution is 2.76. The SMILES string of the molecule is CCC1O[C@@H](OC2[C@H](O[C@H]3CCC4(C)C5CC=C6C7CC(C)(C)CC[C@]7(C(C)=O)C(OC)C[C@@]6(C)[C@@]5(C)CC[C@H]4[C@@]3(C)C=O)OC[C@@H](C)[C@@H]2O[C@@H]2O[C@@H](C)[C@H](C)C(C)C2C)C(O[Si](CC)(CC)CC)[C@@H](C)[C@H]1C.O=C=O. The Hall–Kier alpha value is -1.64. The average molecular weight is 1080 g/mol. The van der Waals surface area contributed by atoms with Crippen molar-refractivity contribution in [3.8, 4) is 0 Å². The summed E-state index contributed by atoms with van der Waals surface area (Å²) in [6.45, 7) is 41.8. The molecule has 0 aromatic rings. The van der Waals surface area contributed by atoms with Gasteiger partial charge in [-0.15, -0.1) is 0 Å². The van der Waals surface area contributed by atoms with Crippen molar-refractivity contribution in [2.24, 2.45) is 85.8 Å². The zero-order chi connectivity index (χ0) is 56.3. The zero-order valence-electron chi connectivity index (χ0n) is 50.9. The van der Waals surface area contributed by atoms with Gasteiger partial charge in [0.1, 0.15) is 18.2 Å². The van der Waals surface area contributed by atoms with Crippen LogP contribution in [-0.4, -0.2) is 102 Å². The van der Waals surface area contributed by atoms with Gasteiger partial charge in [0.2, 0.25) is 0 Å². The maximum Gasteiger partial charge on any atom is 0.373 e. The van der Waals surface area contributed by atoms with Gasteiger partial charge in [-0.2, -0.15) is 9.59 Å². The van der Waals surface area contributed by atoms with E-state index < -0.39 is 56.3 Å². The van der Waals surface area contributed by atoms with Crippen LogP contribution in [0.3, 0.4) is 0 Å². The Bertz CT molecular complexity index is 2080. The van der Waals surface area contributed by atoms with E-state index in [9.17, 15) is 9.59 Å². The number of carbonyl (C=O) groups is 2. The van der Waals surface area contributed by atoms with Gasteiger partial charge in [0.25, 0.3) is 0 Å². The monoisotopic (exact) mass is 1080 g/mol. The summed E-state index contributed by atoms with van der Waals surface area (Å²) in [6, 6.07) is 3.10. The van der Waals surface area contributed by atoms with Gasteiger partial charge in [-0.3, -0.25) is 4.79 Å². The molecule has 434 valence electrons. The first-order chi connectivity index (χ1) is 35.7. The van der Waals surface area contributed by atoms with Gasteiger partial charge in [-0.05, 0) is 159 Å². The van der Waals surface area contributed by atoms with Crippen LogP contribution in [0.5, 0.6) is 0 Å². The second kappa shape index (κ2) is 23.3. The lowest BCUT2D eigenvalue weighted by atomic mass is 9.33. The molecule has 0 aromatic carbocycles. The van der Waals surface area contributed by atoms with Crippen molar-refractivity contribution >= 4 is 26.5 Å². The number of rotatable bonds is 15. The molecule has 13 heteroatoms. The molecule has 8 rings (SSSR count). The van der Waals surface area contributed by atoms with E-state index in [-0.39, 0.29) is 81.8 Å². The van der Waals surface area contributed by atoms with Crippen LogP contribution in [0.2, 0.25) is 18.1 Å². The molecule has 5 aliphatic carbocycles. The number of carbonyl (C=O) groups excluding carboxylic acids is 4. The first kappa shape index (κ1) is 62.0. The van der Waals surface area contributed by atoms with E-state index in [0.29, 0.717) is 36.1 Å². The van der Waals surface area contributed by atoms with Crippen molar-refractivity contribution in [3.05, 3.63) is 11.6 Å². The molecule has 0 bridgehead atoms. The minimum absolute atomic E-state index is 0.00544. The molecule has 9 unspecified atom stereocenters. The predicted molar refractivity (Wildman–Crippen MR) is 296 cm³/mol. The van der Waals surface area contributed by atoms with Gasteiger partial charge < -0.3 is 42.4 Å². The summed E-state index contributed by atoms with van der Waals surface area (Å²) in [4.78, 5) is 44.6. The summed E-state index contributed by atoms with van der Waals surface area (Å²) in [5.74, 6) is 2.34. The first-order valence-corrected chi connectivity index (χ1v) is 33.0. The van der Waals surface area contributed by atoms with E-state index in [1.54, 1.807) is 0 Å². The fraction of sp³-hybridized carbons (Fsp3) is 0.921. The Morgan fingerprint density at radius 2 is 1.37 bits per heavy atom. The van der Waals surface area contributed by atoms with Crippen LogP contribution < -0.4 is 0 Å². The number of allylic oxidation sites excluding steroid dienone is 2. The van der Waals surface area contributed by atoms with Gasteiger partial charge in [-0.25, -0.2) is 0 Å². The lowest BCUT2D eigenvalue weighted by molar-refractivity contribution is -0.372. The Labute approximate surface area is 461 Å². The van der Waals surface area contributed by atoms with Crippen molar-refractivity contribution in [1.29, 1.82) is 0 Å². The summed E-state index contributed by atoms with van der Waals surface area (Å²) in [7, 11) is -0.258. The van der Waals surface area contributed by atoms with Crippen LogP contribution in [0.25, 0.3) is 0 Å². The molecule has 7 fully saturated rings. The molecule has 0 amide bonds. The van der Waals surface area contributed by atoms with E-state index in [1.807, 2.05) is 14.0 Å². The van der Waals surface area contributed by atoms with Crippen molar-refractivity contribution in [2.45, 2.75) is 269 Å². The number of aldehydes is 1. The maximum atomic E-state index is 14.3. The Morgan fingerprint density at radius 1 is 0.724 bits per heavy atom. The molecular weight excluding hydrogens is 977 g/mol. The van der Waals surface area contributed by atoms with Crippen LogP contribution >= 0.6 is 0 Å². The van der Waals surface area contributed by atoms with E-state index in [1.165, 1.54) is 11.9 Å². The van der Waals surface area contributed by atoms with Crippen LogP contribution in [0.15, 0.2) is 11.6 Å². The summed E-state index contributed by atoms with van der Waals surface area (Å²) >= 11 is 0. The van der Waals surface area contributed by atoms with Crippen molar-refractivity contribution in [3.63, 3.8) is 0 Å².